The highest BCUT2D eigenvalue weighted by atomic mass is 32.2. The number of benzene rings is 1. The van der Waals surface area contributed by atoms with Crippen molar-refractivity contribution in [1.29, 1.82) is 0 Å². The van der Waals surface area contributed by atoms with Crippen molar-refractivity contribution < 1.29 is 22.3 Å². The van der Waals surface area contributed by atoms with Crippen molar-refractivity contribution in [1.82, 2.24) is 9.21 Å². The lowest BCUT2D eigenvalue weighted by Crippen LogP contribution is -2.42. The summed E-state index contributed by atoms with van der Waals surface area (Å²) in [6.45, 7) is 5.69. The number of carbonyl (C=O) groups excluding carboxylic acids is 1. The van der Waals surface area contributed by atoms with Crippen LogP contribution in [0.5, 0.6) is 0 Å². The van der Waals surface area contributed by atoms with Crippen molar-refractivity contribution in [2.45, 2.75) is 44.1 Å². The molecule has 1 fully saturated rings. The first-order chi connectivity index (χ1) is 12.4. The average molecular weight is 386 g/mol. The summed E-state index contributed by atoms with van der Waals surface area (Å²) >= 11 is 0. The molecule has 1 atom stereocenters. The number of unbranched alkanes of at least 4 members (excludes halogenated alkanes) is 1. The molecule has 1 heterocycles. The number of carbonyl (C=O) groups is 1. The fourth-order valence-corrected chi connectivity index (χ4v) is 4.31. The zero-order chi connectivity index (χ0) is 19.2. The molecule has 0 N–H and O–H groups in total. The van der Waals surface area contributed by atoms with E-state index in [1.54, 1.807) is 11.8 Å². The molecule has 0 spiro atoms. The molecule has 2 rings (SSSR count). The maximum Gasteiger partial charge on any atom is 0.251 e. The molecule has 0 radical (unpaired) electrons. The molecular formula is C18H27FN2O4S. The minimum absolute atomic E-state index is 0.0648. The molecule has 0 aromatic heterocycles. The second kappa shape index (κ2) is 9.43. The molecule has 1 aliphatic heterocycles. The third kappa shape index (κ3) is 5.25. The van der Waals surface area contributed by atoms with Gasteiger partial charge in [-0.25, -0.2) is 12.8 Å². The molecule has 1 aliphatic rings. The Morgan fingerprint density at radius 1 is 1.19 bits per heavy atom. The van der Waals surface area contributed by atoms with Gasteiger partial charge >= 0.3 is 0 Å². The Labute approximate surface area is 155 Å². The van der Waals surface area contributed by atoms with Crippen LogP contribution >= 0.6 is 0 Å². The van der Waals surface area contributed by atoms with E-state index in [-0.39, 0.29) is 17.3 Å². The highest BCUT2D eigenvalue weighted by Crippen LogP contribution is 2.18. The van der Waals surface area contributed by atoms with E-state index in [4.69, 9.17) is 4.74 Å². The number of rotatable bonds is 7. The molecule has 1 aromatic rings. The van der Waals surface area contributed by atoms with E-state index in [9.17, 15) is 17.6 Å². The van der Waals surface area contributed by atoms with Gasteiger partial charge in [-0.3, -0.25) is 4.79 Å². The first-order valence-corrected chi connectivity index (χ1v) is 10.5. The Balaban J connectivity index is 1.98. The van der Waals surface area contributed by atoms with E-state index in [0.717, 1.165) is 25.0 Å². The van der Waals surface area contributed by atoms with E-state index in [2.05, 4.69) is 6.92 Å². The van der Waals surface area contributed by atoms with Crippen LogP contribution < -0.4 is 0 Å². The van der Waals surface area contributed by atoms with Gasteiger partial charge < -0.3 is 9.64 Å². The van der Waals surface area contributed by atoms with E-state index < -0.39 is 21.9 Å². The molecule has 0 saturated carbocycles. The maximum atomic E-state index is 13.0. The summed E-state index contributed by atoms with van der Waals surface area (Å²) < 4.78 is 45.4. The molecule has 1 unspecified atom stereocenters. The lowest BCUT2D eigenvalue weighted by atomic mass is 10.3. The highest BCUT2D eigenvalue weighted by Gasteiger charge is 2.29. The van der Waals surface area contributed by atoms with Crippen molar-refractivity contribution in [2.75, 3.05) is 32.8 Å². The van der Waals surface area contributed by atoms with Gasteiger partial charge in [0, 0.05) is 32.8 Å². The van der Waals surface area contributed by atoms with Crippen LogP contribution in [0, 0.1) is 5.82 Å². The van der Waals surface area contributed by atoms with Crippen molar-refractivity contribution in [3.63, 3.8) is 0 Å². The van der Waals surface area contributed by atoms with Crippen LogP contribution in [0.25, 0.3) is 0 Å². The second-order valence-electron chi connectivity index (χ2n) is 6.40. The van der Waals surface area contributed by atoms with E-state index in [0.29, 0.717) is 32.7 Å². The number of nitrogens with zero attached hydrogens (tertiary/aromatic N) is 2. The average Bonchev–Trinajstić information content (AvgIpc) is 2.88. The standard InChI is InChI=1S/C18H27FN2O4S/c1-3-4-14-25-15(2)18(22)20-10-5-11-21(13-12-20)26(23,24)17-8-6-16(19)7-9-17/h6-9,15H,3-5,10-14H2,1-2H3. The quantitative estimate of drug-likeness (QED) is 0.674. The van der Waals surface area contributed by atoms with Gasteiger partial charge in [0.05, 0.1) is 4.90 Å². The van der Waals surface area contributed by atoms with Crippen molar-refractivity contribution in [2.24, 2.45) is 0 Å². The Morgan fingerprint density at radius 3 is 2.54 bits per heavy atom. The van der Waals surface area contributed by atoms with Gasteiger partial charge in [-0.15, -0.1) is 0 Å². The van der Waals surface area contributed by atoms with Crippen LogP contribution in [0.3, 0.4) is 0 Å². The molecule has 8 heteroatoms. The molecule has 26 heavy (non-hydrogen) atoms. The minimum atomic E-state index is -3.69. The van der Waals surface area contributed by atoms with Gasteiger partial charge in [0.15, 0.2) is 0 Å². The summed E-state index contributed by atoms with van der Waals surface area (Å²) in [5.74, 6) is -0.587. The van der Waals surface area contributed by atoms with Crippen molar-refractivity contribution in [3.05, 3.63) is 30.1 Å². The topological polar surface area (TPSA) is 66.9 Å². The van der Waals surface area contributed by atoms with Gasteiger partial charge in [-0.1, -0.05) is 13.3 Å². The normalized spacial score (nSPS) is 17.7. The van der Waals surface area contributed by atoms with Crippen molar-refractivity contribution in [3.8, 4) is 0 Å². The number of hydrogen-bond donors (Lipinski definition) is 0. The van der Waals surface area contributed by atoms with Gasteiger partial charge in [0.2, 0.25) is 10.0 Å². The molecule has 1 aromatic carbocycles. The van der Waals surface area contributed by atoms with Crippen LogP contribution in [-0.4, -0.2) is 62.4 Å². The van der Waals surface area contributed by atoms with E-state index in [1.165, 1.54) is 16.4 Å². The molecule has 0 aliphatic carbocycles. The van der Waals surface area contributed by atoms with Crippen LogP contribution in [0.4, 0.5) is 4.39 Å². The smallest absolute Gasteiger partial charge is 0.251 e. The van der Waals surface area contributed by atoms with Gasteiger partial charge in [0.1, 0.15) is 11.9 Å². The zero-order valence-electron chi connectivity index (χ0n) is 15.4. The van der Waals surface area contributed by atoms with E-state index >= 15 is 0 Å². The summed E-state index contributed by atoms with van der Waals surface area (Å²) in [4.78, 5) is 14.2. The molecule has 1 saturated heterocycles. The van der Waals surface area contributed by atoms with E-state index in [1.807, 2.05) is 0 Å². The first-order valence-electron chi connectivity index (χ1n) is 9.02. The zero-order valence-corrected chi connectivity index (χ0v) is 16.2. The number of amides is 1. The van der Waals surface area contributed by atoms with Gasteiger partial charge in [-0.2, -0.15) is 4.31 Å². The highest BCUT2D eigenvalue weighted by molar-refractivity contribution is 7.89. The third-order valence-electron chi connectivity index (χ3n) is 4.43. The lowest BCUT2D eigenvalue weighted by molar-refractivity contribution is -0.142. The SMILES string of the molecule is CCCCOC(C)C(=O)N1CCCN(S(=O)(=O)c2ccc(F)cc2)CC1. The lowest BCUT2D eigenvalue weighted by Gasteiger charge is -2.24. The summed E-state index contributed by atoms with van der Waals surface area (Å²) in [6, 6.07) is 4.80. The number of halogens is 1. The third-order valence-corrected chi connectivity index (χ3v) is 6.34. The van der Waals surface area contributed by atoms with Crippen LogP contribution in [0.15, 0.2) is 29.2 Å². The summed E-state index contributed by atoms with van der Waals surface area (Å²) in [5.41, 5.74) is 0. The summed E-state index contributed by atoms with van der Waals surface area (Å²) in [5, 5.41) is 0. The fourth-order valence-electron chi connectivity index (χ4n) is 2.84. The molecule has 0 bridgehead atoms. The Hall–Kier alpha value is -1.51. The Morgan fingerprint density at radius 2 is 1.88 bits per heavy atom. The predicted octanol–water partition coefficient (Wildman–Crippen LogP) is 2.25. The maximum absolute atomic E-state index is 13.0. The van der Waals surface area contributed by atoms with Crippen LogP contribution in [0.2, 0.25) is 0 Å². The second-order valence-corrected chi connectivity index (χ2v) is 8.34. The van der Waals surface area contributed by atoms with Crippen molar-refractivity contribution >= 4 is 15.9 Å². The summed E-state index contributed by atoms with van der Waals surface area (Å²) in [7, 11) is -3.69. The first kappa shape index (κ1) is 20.8. The fraction of sp³-hybridized carbons (Fsp3) is 0.611. The molecule has 1 amide bonds. The minimum Gasteiger partial charge on any atom is -0.369 e. The summed E-state index contributed by atoms with van der Waals surface area (Å²) in [6.07, 6.45) is 1.93. The van der Waals surface area contributed by atoms with Gasteiger partial charge in [-0.05, 0) is 44.0 Å². The molecule has 6 nitrogen and oxygen atoms in total. The monoisotopic (exact) mass is 386 g/mol. The molecular weight excluding hydrogens is 359 g/mol. The number of ether oxygens (including phenoxy) is 1. The number of hydrogen-bond acceptors (Lipinski definition) is 4. The van der Waals surface area contributed by atoms with Crippen LogP contribution in [-0.2, 0) is 19.6 Å². The predicted molar refractivity (Wildman–Crippen MR) is 96.7 cm³/mol. The number of sulfonamides is 1. The largest absolute Gasteiger partial charge is 0.369 e. The Kier molecular flexibility index (Phi) is 7.55. The molecule has 146 valence electrons. The van der Waals surface area contributed by atoms with Gasteiger partial charge in [0.25, 0.3) is 5.91 Å². The Bertz CT molecular complexity index is 694. The van der Waals surface area contributed by atoms with Crippen LogP contribution in [0.1, 0.15) is 33.1 Å².